The number of carbonyl (C=O) groups is 2. The van der Waals surface area contributed by atoms with Crippen LogP contribution in [0.2, 0.25) is 0 Å². The molecule has 1 saturated heterocycles. The van der Waals surface area contributed by atoms with Crippen LogP contribution in [0.4, 0.5) is 5.69 Å². The van der Waals surface area contributed by atoms with Gasteiger partial charge in [-0.1, -0.05) is 17.8 Å². The molecule has 1 fully saturated rings. The molecule has 142 valence electrons. The Hall–Kier alpha value is -3.44. The average Bonchev–Trinajstić information content (AvgIpc) is 2.91. The predicted octanol–water partition coefficient (Wildman–Crippen LogP) is 2.55. The molecule has 28 heavy (non-hydrogen) atoms. The summed E-state index contributed by atoms with van der Waals surface area (Å²) in [5, 5.41) is 30.8. The predicted molar refractivity (Wildman–Crippen MR) is 105 cm³/mol. The lowest BCUT2D eigenvalue weighted by atomic mass is 10.1. The van der Waals surface area contributed by atoms with Gasteiger partial charge in [0.1, 0.15) is 11.5 Å². The molecule has 1 aliphatic rings. The molecule has 9 nitrogen and oxygen atoms in total. The normalized spacial score (nSPS) is 15.1. The number of thioether (sulfide) groups is 1. The maximum atomic E-state index is 12.5. The highest BCUT2D eigenvalue weighted by molar-refractivity contribution is 8.26. The molecule has 2 aromatic carbocycles. The van der Waals surface area contributed by atoms with E-state index in [9.17, 15) is 29.9 Å². The number of carbonyl (C=O) groups excluding carboxylic acids is 2. The molecule has 3 rings (SSSR count). The number of thiocarbonyl (C=S) groups is 1. The van der Waals surface area contributed by atoms with E-state index in [1.54, 1.807) is 0 Å². The molecule has 0 saturated carbocycles. The number of hydrogen-bond donors (Lipinski definition) is 3. The van der Waals surface area contributed by atoms with Crippen molar-refractivity contribution >= 4 is 51.9 Å². The fraction of sp³-hybridized carbons (Fsp3) is 0. The molecular formula is C17H11N3O6S2. The lowest BCUT2D eigenvalue weighted by Gasteiger charge is -2.15. The van der Waals surface area contributed by atoms with E-state index in [1.165, 1.54) is 36.4 Å². The first-order valence-electron chi connectivity index (χ1n) is 7.61. The number of amides is 2. The topological polar surface area (TPSA) is 133 Å². The Balaban J connectivity index is 1.80. The average molecular weight is 417 g/mol. The molecule has 0 radical (unpaired) electrons. The second-order valence-electron chi connectivity index (χ2n) is 5.51. The summed E-state index contributed by atoms with van der Waals surface area (Å²) in [6.07, 6.45) is 1.37. The zero-order chi connectivity index (χ0) is 20.4. The second kappa shape index (κ2) is 7.66. The van der Waals surface area contributed by atoms with Crippen LogP contribution < -0.4 is 5.43 Å². The van der Waals surface area contributed by atoms with Crippen molar-refractivity contribution in [2.45, 2.75) is 0 Å². The van der Waals surface area contributed by atoms with Crippen LogP contribution in [0.25, 0.3) is 6.08 Å². The molecule has 0 aromatic heterocycles. The van der Waals surface area contributed by atoms with Gasteiger partial charge in [-0.15, -0.1) is 0 Å². The van der Waals surface area contributed by atoms with E-state index in [2.05, 4.69) is 5.43 Å². The van der Waals surface area contributed by atoms with Crippen LogP contribution in [0.15, 0.2) is 47.4 Å². The third-order valence-electron chi connectivity index (χ3n) is 3.63. The van der Waals surface area contributed by atoms with Gasteiger partial charge in [-0.3, -0.25) is 25.1 Å². The van der Waals surface area contributed by atoms with Crippen molar-refractivity contribution in [3.63, 3.8) is 0 Å². The second-order valence-corrected chi connectivity index (χ2v) is 7.18. The highest BCUT2D eigenvalue weighted by Gasteiger charge is 2.34. The Morgan fingerprint density at radius 1 is 1.25 bits per heavy atom. The Morgan fingerprint density at radius 3 is 2.68 bits per heavy atom. The van der Waals surface area contributed by atoms with Crippen molar-refractivity contribution in [1.29, 1.82) is 0 Å². The van der Waals surface area contributed by atoms with Crippen LogP contribution in [-0.4, -0.2) is 36.3 Å². The zero-order valence-electron chi connectivity index (χ0n) is 13.9. The molecule has 1 heterocycles. The van der Waals surface area contributed by atoms with E-state index in [0.29, 0.717) is 0 Å². The molecule has 11 heteroatoms. The number of hydrogen-bond acceptors (Lipinski definition) is 8. The molecule has 0 bridgehead atoms. The number of nitrogens with one attached hydrogen (secondary N) is 1. The number of phenolic OH excluding ortho intramolecular Hbond substituents is 2. The van der Waals surface area contributed by atoms with Gasteiger partial charge in [-0.25, -0.2) is 0 Å². The van der Waals surface area contributed by atoms with Crippen molar-refractivity contribution in [2.75, 3.05) is 0 Å². The van der Waals surface area contributed by atoms with E-state index < -0.39 is 16.7 Å². The Kier molecular flexibility index (Phi) is 5.29. The Morgan fingerprint density at radius 2 is 2.00 bits per heavy atom. The summed E-state index contributed by atoms with van der Waals surface area (Å²) < 4.78 is 0.0494. The number of benzene rings is 2. The number of non-ortho nitro benzene ring substituents is 1. The van der Waals surface area contributed by atoms with Crippen molar-refractivity contribution in [1.82, 2.24) is 10.4 Å². The molecule has 2 aromatic rings. The van der Waals surface area contributed by atoms with Crippen molar-refractivity contribution in [3.8, 4) is 11.5 Å². The fourth-order valence-corrected chi connectivity index (χ4v) is 3.46. The van der Waals surface area contributed by atoms with Crippen LogP contribution in [0.1, 0.15) is 15.9 Å². The van der Waals surface area contributed by atoms with Crippen LogP contribution in [0, 0.1) is 10.1 Å². The molecule has 0 atom stereocenters. The molecule has 1 aliphatic heterocycles. The lowest BCUT2D eigenvalue weighted by Crippen LogP contribution is -2.44. The van der Waals surface area contributed by atoms with Crippen molar-refractivity contribution < 1.29 is 24.7 Å². The Bertz CT molecular complexity index is 1050. The van der Waals surface area contributed by atoms with E-state index in [0.717, 1.165) is 28.9 Å². The molecular weight excluding hydrogens is 406 g/mol. The SMILES string of the molecule is O=C(NN1C(=O)/C(=C\c2ccc(O)cc2O)SC1=S)c1cccc([N+](=O)[O-])c1. The van der Waals surface area contributed by atoms with Gasteiger partial charge in [0.15, 0.2) is 4.32 Å². The highest BCUT2D eigenvalue weighted by atomic mass is 32.2. The molecule has 0 unspecified atom stereocenters. The van der Waals surface area contributed by atoms with Gasteiger partial charge in [0.2, 0.25) is 0 Å². The number of nitro groups is 1. The highest BCUT2D eigenvalue weighted by Crippen LogP contribution is 2.34. The maximum absolute atomic E-state index is 12.5. The quantitative estimate of drug-likeness (QED) is 0.299. The summed E-state index contributed by atoms with van der Waals surface area (Å²) in [4.78, 5) is 35.2. The van der Waals surface area contributed by atoms with Gasteiger partial charge in [0.25, 0.3) is 17.5 Å². The van der Waals surface area contributed by atoms with Gasteiger partial charge in [-0.05, 0) is 36.5 Å². The van der Waals surface area contributed by atoms with E-state index >= 15 is 0 Å². The van der Waals surface area contributed by atoms with E-state index in [1.807, 2.05) is 0 Å². The van der Waals surface area contributed by atoms with Gasteiger partial charge in [0.05, 0.1) is 9.83 Å². The number of rotatable bonds is 4. The van der Waals surface area contributed by atoms with Crippen molar-refractivity contribution in [2.24, 2.45) is 0 Å². The Labute approximate surface area is 167 Å². The van der Waals surface area contributed by atoms with Crippen LogP contribution in [0.3, 0.4) is 0 Å². The summed E-state index contributed by atoms with van der Waals surface area (Å²) in [7, 11) is 0. The fourth-order valence-electron chi connectivity index (χ4n) is 2.29. The summed E-state index contributed by atoms with van der Waals surface area (Å²) >= 11 is 6.01. The monoisotopic (exact) mass is 417 g/mol. The molecule has 0 aliphatic carbocycles. The van der Waals surface area contributed by atoms with Crippen LogP contribution in [-0.2, 0) is 4.79 Å². The number of aromatic hydroxyl groups is 2. The summed E-state index contributed by atoms with van der Waals surface area (Å²) in [5.74, 6) is -1.73. The summed E-state index contributed by atoms with van der Waals surface area (Å²) in [6.45, 7) is 0. The minimum Gasteiger partial charge on any atom is -0.508 e. The minimum absolute atomic E-state index is 0.0107. The number of hydrazine groups is 1. The number of nitro benzene ring substituents is 1. The van der Waals surface area contributed by atoms with Gasteiger partial charge in [-0.2, -0.15) is 5.01 Å². The first-order chi connectivity index (χ1) is 13.3. The first-order valence-corrected chi connectivity index (χ1v) is 8.84. The maximum Gasteiger partial charge on any atom is 0.285 e. The van der Waals surface area contributed by atoms with Gasteiger partial charge >= 0.3 is 0 Å². The molecule has 2 amide bonds. The lowest BCUT2D eigenvalue weighted by molar-refractivity contribution is -0.384. The van der Waals surface area contributed by atoms with E-state index in [4.69, 9.17) is 12.2 Å². The standard InChI is InChI=1S/C17H11N3O6S2/c21-12-5-4-9(13(22)8-12)7-14-16(24)19(17(27)28-14)18-15(23)10-2-1-3-11(6-10)20(25)26/h1-8,21-22H,(H,18,23)/b14-7+. The minimum atomic E-state index is -0.742. The van der Waals surface area contributed by atoms with Crippen LogP contribution in [0.5, 0.6) is 11.5 Å². The largest absolute Gasteiger partial charge is 0.508 e. The molecule has 3 N–H and O–H groups in total. The van der Waals surface area contributed by atoms with Gasteiger partial charge < -0.3 is 10.2 Å². The van der Waals surface area contributed by atoms with Gasteiger partial charge in [0, 0.05) is 29.3 Å². The third kappa shape index (κ3) is 3.94. The smallest absolute Gasteiger partial charge is 0.285 e. The molecule has 0 spiro atoms. The summed E-state index contributed by atoms with van der Waals surface area (Å²) in [6, 6.07) is 8.92. The number of phenols is 2. The number of nitrogens with zero attached hydrogens (tertiary/aromatic N) is 2. The first kappa shape index (κ1) is 19.3. The van der Waals surface area contributed by atoms with E-state index in [-0.39, 0.29) is 37.5 Å². The zero-order valence-corrected chi connectivity index (χ0v) is 15.5. The third-order valence-corrected chi connectivity index (χ3v) is 4.93. The van der Waals surface area contributed by atoms with Crippen LogP contribution >= 0.6 is 24.0 Å². The van der Waals surface area contributed by atoms with Crippen molar-refractivity contribution in [3.05, 3.63) is 68.6 Å². The summed E-state index contributed by atoms with van der Waals surface area (Å²) in [5.41, 5.74) is 2.32.